The van der Waals surface area contributed by atoms with Gasteiger partial charge in [-0.3, -0.25) is 4.79 Å². The largest absolute Gasteiger partial charge is 0.353 e. The molecule has 0 aromatic heterocycles. The topological polar surface area (TPSA) is 29.1 Å². The average Bonchev–Trinajstić information content (AvgIpc) is 2.35. The molecule has 0 radical (unpaired) electrons. The Balaban J connectivity index is 2.38. The van der Waals surface area contributed by atoms with Gasteiger partial charge in [0.25, 0.3) is 0 Å². The summed E-state index contributed by atoms with van der Waals surface area (Å²) in [5.74, 6) is 0.742. The standard InChI is InChI=1S/C16H24BrNO/c1-12(2)9-15(11-17)18-16(19)8-7-14-6-4-5-13(3)10-14/h4-6,10,12,15H,7-9,11H2,1-3H3,(H,18,19). The summed E-state index contributed by atoms with van der Waals surface area (Å²) < 4.78 is 0. The zero-order valence-electron chi connectivity index (χ0n) is 12.1. The third kappa shape index (κ3) is 6.76. The molecule has 1 unspecified atom stereocenters. The molecule has 106 valence electrons. The molecular weight excluding hydrogens is 302 g/mol. The van der Waals surface area contributed by atoms with Gasteiger partial charge in [-0.2, -0.15) is 0 Å². The highest BCUT2D eigenvalue weighted by Gasteiger charge is 2.12. The number of hydrogen-bond donors (Lipinski definition) is 1. The molecule has 0 bridgehead atoms. The Morgan fingerprint density at radius 1 is 1.37 bits per heavy atom. The summed E-state index contributed by atoms with van der Waals surface area (Å²) in [6, 6.07) is 8.58. The van der Waals surface area contributed by atoms with Crippen molar-refractivity contribution in [1.29, 1.82) is 0 Å². The van der Waals surface area contributed by atoms with Gasteiger partial charge in [0.1, 0.15) is 0 Å². The molecule has 0 aliphatic rings. The minimum absolute atomic E-state index is 0.145. The summed E-state index contributed by atoms with van der Waals surface area (Å²) in [6.07, 6.45) is 2.39. The van der Waals surface area contributed by atoms with E-state index in [0.29, 0.717) is 12.3 Å². The third-order valence-corrected chi connectivity index (χ3v) is 3.81. The number of rotatable bonds is 7. The maximum absolute atomic E-state index is 11.9. The summed E-state index contributed by atoms with van der Waals surface area (Å²) >= 11 is 3.46. The number of aryl methyl sites for hydroxylation is 2. The van der Waals surface area contributed by atoms with Crippen molar-refractivity contribution in [2.45, 2.75) is 46.1 Å². The first-order valence-electron chi connectivity index (χ1n) is 6.92. The summed E-state index contributed by atoms with van der Waals surface area (Å²) in [6.45, 7) is 6.43. The van der Waals surface area contributed by atoms with Crippen molar-refractivity contribution in [2.24, 2.45) is 5.92 Å². The van der Waals surface area contributed by atoms with E-state index in [1.165, 1.54) is 11.1 Å². The van der Waals surface area contributed by atoms with Crippen LogP contribution in [0.15, 0.2) is 24.3 Å². The summed E-state index contributed by atoms with van der Waals surface area (Å²) in [4.78, 5) is 11.9. The molecule has 3 heteroatoms. The predicted molar refractivity (Wildman–Crippen MR) is 84.7 cm³/mol. The van der Waals surface area contributed by atoms with Gasteiger partial charge in [0, 0.05) is 17.8 Å². The van der Waals surface area contributed by atoms with Crippen LogP contribution in [0.4, 0.5) is 0 Å². The van der Waals surface area contributed by atoms with Crippen LogP contribution >= 0.6 is 15.9 Å². The second-order valence-electron chi connectivity index (χ2n) is 5.54. The first kappa shape index (κ1) is 16.2. The fraction of sp³-hybridized carbons (Fsp3) is 0.562. The Morgan fingerprint density at radius 2 is 2.11 bits per heavy atom. The van der Waals surface area contributed by atoms with Crippen LogP contribution in [0.5, 0.6) is 0 Å². The zero-order valence-corrected chi connectivity index (χ0v) is 13.7. The normalized spacial score (nSPS) is 12.5. The molecule has 0 spiro atoms. The van der Waals surface area contributed by atoms with E-state index in [1.807, 2.05) is 6.07 Å². The number of halogens is 1. The van der Waals surface area contributed by atoms with E-state index < -0.39 is 0 Å². The Kier molecular flexibility index (Phi) is 7.14. The molecule has 0 fully saturated rings. The molecule has 0 heterocycles. The van der Waals surface area contributed by atoms with E-state index in [9.17, 15) is 4.79 Å². The van der Waals surface area contributed by atoms with Gasteiger partial charge in [0.05, 0.1) is 0 Å². The fourth-order valence-corrected chi connectivity index (χ4v) is 2.58. The van der Waals surface area contributed by atoms with Gasteiger partial charge in [-0.1, -0.05) is 59.6 Å². The summed E-state index contributed by atoms with van der Waals surface area (Å²) in [5, 5.41) is 3.92. The van der Waals surface area contributed by atoms with Crippen LogP contribution < -0.4 is 5.32 Å². The van der Waals surface area contributed by atoms with E-state index in [1.54, 1.807) is 0 Å². The van der Waals surface area contributed by atoms with Gasteiger partial charge in [0.15, 0.2) is 0 Å². The SMILES string of the molecule is Cc1cccc(CCC(=O)NC(CBr)CC(C)C)c1. The smallest absolute Gasteiger partial charge is 0.220 e. The fourth-order valence-electron chi connectivity index (χ4n) is 2.15. The Hall–Kier alpha value is -0.830. The molecule has 0 saturated heterocycles. The van der Waals surface area contributed by atoms with Crippen LogP contribution in [0.1, 0.15) is 37.8 Å². The van der Waals surface area contributed by atoms with Crippen LogP contribution in [-0.4, -0.2) is 17.3 Å². The Morgan fingerprint density at radius 3 is 2.68 bits per heavy atom. The second-order valence-corrected chi connectivity index (χ2v) is 6.18. The lowest BCUT2D eigenvalue weighted by molar-refractivity contribution is -0.121. The molecule has 1 amide bonds. The van der Waals surface area contributed by atoms with Crippen LogP contribution in [0.3, 0.4) is 0 Å². The van der Waals surface area contributed by atoms with E-state index in [0.717, 1.165) is 18.2 Å². The van der Waals surface area contributed by atoms with Crippen molar-refractivity contribution in [2.75, 3.05) is 5.33 Å². The quantitative estimate of drug-likeness (QED) is 0.758. The monoisotopic (exact) mass is 325 g/mol. The predicted octanol–water partition coefficient (Wildman–Crippen LogP) is 3.85. The van der Waals surface area contributed by atoms with Crippen LogP contribution in [0.25, 0.3) is 0 Å². The van der Waals surface area contributed by atoms with Gasteiger partial charge in [-0.25, -0.2) is 0 Å². The highest BCUT2D eigenvalue weighted by molar-refractivity contribution is 9.09. The van der Waals surface area contributed by atoms with Crippen LogP contribution in [0.2, 0.25) is 0 Å². The van der Waals surface area contributed by atoms with Crippen molar-refractivity contribution in [1.82, 2.24) is 5.32 Å². The van der Waals surface area contributed by atoms with Crippen molar-refractivity contribution in [3.63, 3.8) is 0 Å². The number of alkyl halides is 1. The highest BCUT2D eigenvalue weighted by Crippen LogP contribution is 2.09. The van der Waals surface area contributed by atoms with Crippen molar-refractivity contribution >= 4 is 21.8 Å². The average molecular weight is 326 g/mol. The maximum Gasteiger partial charge on any atom is 0.220 e. The maximum atomic E-state index is 11.9. The Labute approximate surface area is 125 Å². The van der Waals surface area contributed by atoms with Gasteiger partial charge < -0.3 is 5.32 Å². The lowest BCUT2D eigenvalue weighted by Crippen LogP contribution is -2.37. The zero-order chi connectivity index (χ0) is 14.3. The minimum Gasteiger partial charge on any atom is -0.353 e. The van der Waals surface area contributed by atoms with E-state index in [4.69, 9.17) is 0 Å². The molecular formula is C16H24BrNO. The lowest BCUT2D eigenvalue weighted by Gasteiger charge is -2.18. The highest BCUT2D eigenvalue weighted by atomic mass is 79.9. The van der Waals surface area contributed by atoms with Gasteiger partial charge >= 0.3 is 0 Å². The second kappa shape index (κ2) is 8.36. The first-order chi connectivity index (χ1) is 9.01. The number of nitrogens with one attached hydrogen (secondary N) is 1. The van der Waals surface area contributed by atoms with E-state index >= 15 is 0 Å². The molecule has 0 aliphatic heterocycles. The molecule has 1 atom stereocenters. The molecule has 1 aromatic carbocycles. The van der Waals surface area contributed by atoms with Gasteiger partial charge in [-0.15, -0.1) is 0 Å². The van der Waals surface area contributed by atoms with E-state index in [-0.39, 0.29) is 11.9 Å². The van der Waals surface area contributed by atoms with Crippen molar-refractivity contribution in [3.05, 3.63) is 35.4 Å². The van der Waals surface area contributed by atoms with Gasteiger partial charge in [-0.05, 0) is 31.2 Å². The van der Waals surface area contributed by atoms with Crippen LogP contribution in [0, 0.1) is 12.8 Å². The molecule has 1 aromatic rings. The molecule has 0 aliphatic carbocycles. The number of amides is 1. The van der Waals surface area contributed by atoms with Crippen LogP contribution in [-0.2, 0) is 11.2 Å². The van der Waals surface area contributed by atoms with Crippen molar-refractivity contribution in [3.8, 4) is 0 Å². The Bertz CT molecular complexity index is 403. The molecule has 1 rings (SSSR count). The molecule has 2 nitrogen and oxygen atoms in total. The number of carbonyl (C=O) groups excluding carboxylic acids is 1. The molecule has 1 N–H and O–H groups in total. The summed E-state index contributed by atoms with van der Waals surface area (Å²) in [5.41, 5.74) is 2.48. The molecule has 0 saturated carbocycles. The van der Waals surface area contributed by atoms with E-state index in [2.05, 4.69) is 60.2 Å². The summed E-state index contributed by atoms with van der Waals surface area (Å²) in [7, 11) is 0. The number of carbonyl (C=O) groups is 1. The van der Waals surface area contributed by atoms with Gasteiger partial charge in [0.2, 0.25) is 5.91 Å². The minimum atomic E-state index is 0.145. The lowest BCUT2D eigenvalue weighted by atomic mass is 10.0. The molecule has 19 heavy (non-hydrogen) atoms. The number of benzene rings is 1. The van der Waals surface area contributed by atoms with Crippen molar-refractivity contribution < 1.29 is 4.79 Å². The first-order valence-corrected chi connectivity index (χ1v) is 8.04. The third-order valence-electron chi connectivity index (χ3n) is 3.03. The number of hydrogen-bond acceptors (Lipinski definition) is 1.